The minimum atomic E-state index is -0.909. The van der Waals surface area contributed by atoms with Crippen molar-refractivity contribution in [2.24, 2.45) is 0 Å². The van der Waals surface area contributed by atoms with Crippen LogP contribution in [0.25, 0.3) is 0 Å². The maximum absolute atomic E-state index is 12.6. The van der Waals surface area contributed by atoms with Gasteiger partial charge in [0.25, 0.3) is 5.91 Å². The first kappa shape index (κ1) is 22.2. The van der Waals surface area contributed by atoms with Crippen molar-refractivity contribution >= 4 is 29.4 Å². The second-order valence-corrected chi connectivity index (χ2v) is 7.58. The summed E-state index contributed by atoms with van der Waals surface area (Å²) in [5.41, 5.74) is 0.728. The summed E-state index contributed by atoms with van der Waals surface area (Å²) in [6, 6.07) is 6.28. The van der Waals surface area contributed by atoms with E-state index in [4.69, 9.17) is 21.1 Å². The van der Waals surface area contributed by atoms with Crippen LogP contribution < -0.4 is 5.32 Å². The predicted molar refractivity (Wildman–Crippen MR) is 105 cm³/mol. The van der Waals surface area contributed by atoms with Crippen LogP contribution in [0.2, 0.25) is 5.02 Å². The molecule has 0 bridgehead atoms. The molecule has 1 aliphatic heterocycles. The van der Waals surface area contributed by atoms with E-state index in [2.05, 4.69) is 5.32 Å². The lowest BCUT2D eigenvalue weighted by atomic mass is 10.0. The number of carbonyl (C=O) groups excluding carboxylic acids is 3. The molecule has 1 aromatic rings. The fourth-order valence-electron chi connectivity index (χ4n) is 3.27. The zero-order chi connectivity index (χ0) is 20.8. The molecule has 1 aliphatic rings. The zero-order valence-corrected chi connectivity index (χ0v) is 17.4. The summed E-state index contributed by atoms with van der Waals surface area (Å²) in [6.07, 6.45) is -1.13. The van der Waals surface area contributed by atoms with Crippen LogP contribution in [0, 0.1) is 0 Å². The minimum Gasteiger partial charge on any atom is -0.452 e. The highest BCUT2D eigenvalue weighted by Gasteiger charge is 2.31. The van der Waals surface area contributed by atoms with Crippen molar-refractivity contribution in [2.75, 3.05) is 13.1 Å². The van der Waals surface area contributed by atoms with Gasteiger partial charge in [-0.05, 0) is 38.5 Å². The lowest BCUT2D eigenvalue weighted by Crippen LogP contribution is -2.51. The molecule has 1 aromatic carbocycles. The smallest absolute Gasteiger partial charge is 0.309 e. The molecule has 1 heterocycles. The van der Waals surface area contributed by atoms with Gasteiger partial charge >= 0.3 is 5.97 Å². The first-order valence-corrected chi connectivity index (χ1v) is 9.69. The second-order valence-electron chi connectivity index (χ2n) is 7.14. The van der Waals surface area contributed by atoms with Gasteiger partial charge in [0.05, 0.1) is 24.7 Å². The molecule has 1 fully saturated rings. The van der Waals surface area contributed by atoms with Gasteiger partial charge in [0, 0.05) is 25.0 Å². The summed E-state index contributed by atoms with van der Waals surface area (Å²) >= 11 is 5.90. The van der Waals surface area contributed by atoms with Crippen molar-refractivity contribution in [2.45, 2.75) is 58.5 Å². The van der Waals surface area contributed by atoms with Crippen LogP contribution in [0.5, 0.6) is 0 Å². The Labute approximate surface area is 170 Å². The molecule has 0 spiro atoms. The average Bonchev–Trinajstić information content (AvgIpc) is 2.59. The van der Waals surface area contributed by atoms with Crippen molar-refractivity contribution < 1.29 is 23.9 Å². The van der Waals surface area contributed by atoms with Crippen molar-refractivity contribution in [3.63, 3.8) is 0 Å². The molecule has 4 atom stereocenters. The Morgan fingerprint density at radius 3 is 2.32 bits per heavy atom. The highest BCUT2D eigenvalue weighted by molar-refractivity contribution is 6.30. The van der Waals surface area contributed by atoms with E-state index in [1.165, 1.54) is 6.92 Å². The summed E-state index contributed by atoms with van der Waals surface area (Å²) < 4.78 is 11.0. The molecule has 2 rings (SSSR count). The molecule has 28 heavy (non-hydrogen) atoms. The number of carbonyl (C=O) groups is 3. The van der Waals surface area contributed by atoms with E-state index in [1.54, 1.807) is 36.1 Å². The van der Waals surface area contributed by atoms with Crippen LogP contribution in [0.1, 0.15) is 45.7 Å². The summed E-state index contributed by atoms with van der Waals surface area (Å²) in [4.78, 5) is 38.2. The second kappa shape index (κ2) is 9.89. The van der Waals surface area contributed by atoms with Gasteiger partial charge in [-0.1, -0.05) is 23.7 Å². The molecule has 0 aromatic heterocycles. The molecule has 0 radical (unpaired) electrons. The Morgan fingerprint density at radius 1 is 1.21 bits per heavy atom. The number of nitrogens with one attached hydrogen (secondary N) is 1. The number of ether oxygens (including phenoxy) is 2. The molecule has 0 aliphatic carbocycles. The van der Waals surface area contributed by atoms with E-state index < -0.39 is 18.1 Å². The summed E-state index contributed by atoms with van der Waals surface area (Å²) in [6.45, 7) is 7.66. The van der Waals surface area contributed by atoms with Crippen molar-refractivity contribution in [1.29, 1.82) is 0 Å². The minimum absolute atomic E-state index is 0.0651. The van der Waals surface area contributed by atoms with Gasteiger partial charge in [-0.25, -0.2) is 0 Å². The SMILES string of the molecule is CC(=O)NC(CC(=O)OC(C)C(=O)N1CC(C)OC(C)C1)c1ccc(Cl)cc1. The summed E-state index contributed by atoms with van der Waals surface area (Å²) in [5.74, 6) is -1.09. The van der Waals surface area contributed by atoms with Crippen LogP contribution in [-0.2, 0) is 23.9 Å². The van der Waals surface area contributed by atoms with Gasteiger partial charge < -0.3 is 19.7 Å². The maximum atomic E-state index is 12.6. The van der Waals surface area contributed by atoms with Crippen molar-refractivity contribution in [3.8, 4) is 0 Å². The van der Waals surface area contributed by atoms with Gasteiger partial charge in [0.2, 0.25) is 5.91 Å². The Bertz CT molecular complexity index is 699. The largest absolute Gasteiger partial charge is 0.452 e. The molecule has 7 nitrogen and oxygen atoms in total. The Hall–Kier alpha value is -2.12. The normalized spacial score (nSPS) is 21.5. The fraction of sp³-hybridized carbons (Fsp3) is 0.550. The first-order valence-electron chi connectivity index (χ1n) is 9.32. The van der Waals surface area contributed by atoms with Gasteiger partial charge in [-0.3, -0.25) is 14.4 Å². The third-order valence-electron chi connectivity index (χ3n) is 4.41. The topological polar surface area (TPSA) is 84.9 Å². The highest BCUT2D eigenvalue weighted by atomic mass is 35.5. The maximum Gasteiger partial charge on any atom is 0.309 e. The monoisotopic (exact) mass is 410 g/mol. The number of esters is 1. The molecule has 154 valence electrons. The van der Waals surface area contributed by atoms with E-state index in [9.17, 15) is 14.4 Å². The summed E-state index contributed by atoms with van der Waals surface area (Å²) in [5, 5.41) is 3.29. The molecule has 0 saturated carbocycles. The zero-order valence-electron chi connectivity index (χ0n) is 16.6. The Morgan fingerprint density at radius 2 is 1.79 bits per heavy atom. The number of hydrogen-bond donors (Lipinski definition) is 1. The number of morpholine rings is 1. The van der Waals surface area contributed by atoms with E-state index >= 15 is 0 Å². The molecule has 8 heteroatoms. The van der Waals surface area contributed by atoms with E-state index in [-0.39, 0.29) is 30.4 Å². The van der Waals surface area contributed by atoms with Gasteiger partial charge in [0.1, 0.15) is 0 Å². The molecule has 4 unspecified atom stereocenters. The lowest BCUT2D eigenvalue weighted by Gasteiger charge is -2.36. The van der Waals surface area contributed by atoms with Crippen LogP contribution in [0.4, 0.5) is 0 Å². The number of amides is 2. The number of nitrogens with zero attached hydrogens (tertiary/aromatic N) is 1. The number of rotatable bonds is 6. The molecule has 2 amide bonds. The van der Waals surface area contributed by atoms with E-state index in [0.29, 0.717) is 18.1 Å². The van der Waals surface area contributed by atoms with Crippen molar-refractivity contribution in [1.82, 2.24) is 10.2 Å². The predicted octanol–water partition coefficient (Wildman–Crippen LogP) is 2.47. The third kappa shape index (κ3) is 6.49. The van der Waals surface area contributed by atoms with Crippen molar-refractivity contribution in [3.05, 3.63) is 34.9 Å². The molecular weight excluding hydrogens is 384 g/mol. The molecule has 1 saturated heterocycles. The fourth-order valence-corrected chi connectivity index (χ4v) is 3.40. The third-order valence-corrected chi connectivity index (χ3v) is 4.66. The summed E-state index contributed by atoms with van der Waals surface area (Å²) in [7, 11) is 0. The van der Waals surface area contributed by atoms with Gasteiger partial charge in [-0.15, -0.1) is 0 Å². The van der Waals surface area contributed by atoms with Gasteiger partial charge in [-0.2, -0.15) is 0 Å². The molecular formula is C20H27ClN2O5. The average molecular weight is 411 g/mol. The van der Waals surface area contributed by atoms with Gasteiger partial charge in [0.15, 0.2) is 6.10 Å². The first-order chi connectivity index (χ1) is 13.2. The van der Waals surface area contributed by atoms with Crippen LogP contribution in [0.15, 0.2) is 24.3 Å². The quantitative estimate of drug-likeness (QED) is 0.728. The Balaban J connectivity index is 1.98. The van der Waals surface area contributed by atoms with E-state index in [1.807, 2.05) is 13.8 Å². The van der Waals surface area contributed by atoms with Crippen LogP contribution >= 0.6 is 11.6 Å². The standard InChI is InChI=1S/C20H27ClN2O5/c1-12-10-23(11-13(2)27-12)20(26)14(3)28-19(25)9-18(22-15(4)24)16-5-7-17(21)8-6-16/h5-8,12-14,18H,9-11H2,1-4H3,(H,22,24). The highest BCUT2D eigenvalue weighted by Crippen LogP contribution is 2.21. The number of hydrogen-bond acceptors (Lipinski definition) is 5. The number of halogens is 1. The van der Waals surface area contributed by atoms with Crippen LogP contribution in [0.3, 0.4) is 0 Å². The van der Waals surface area contributed by atoms with Crippen LogP contribution in [-0.4, -0.2) is 54.1 Å². The van der Waals surface area contributed by atoms with E-state index in [0.717, 1.165) is 5.56 Å². The Kier molecular flexibility index (Phi) is 7.83. The number of benzene rings is 1. The lowest BCUT2D eigenvalue weighted by molar-refractivity contribution is -0.164. The molecule has 1 N–H and O–H groups in total.